The van der Waals surface area contributed by atoms with E-state index in [9.17, 15) is 9.59 Å². The van der Waals surface area contributed by atoms with Gasteiger partial charge in [-0.3, -0.25) is 9.59 Å². The summed E-state index contributed by atoms with van der Waals surface area (Å²) in [6.07, 6.45) is 7.91. The van der Waals surface area contributed by atoms with Crippen molar-refractivity contribution >= 4 is 11.9 Å². The first-order chi connectivity index (χ1) is 7.65. The van der Waals surface area contributed by atoms with Crippen LogP contribution in [-0.4, -0.2) is 23.0 Å². The number of nitrogens with one attached hydrogen (secondary N) is 1. The fraction of sp³-hybridized carbons (Fsp3) is 0.667. The van der Waals surface area contributed by atoms with Crippen LogP contribution in [0, 0.1) is 11.8 Å². The molecule has 0 aliphatic heterocycles. The third-order valence-corrected chi connectivity index (χ3v) is 3.06. The number of rotatable bonds is 6. The van der Waals surface area contributed by atoms with Gasteiger partial charge in [-0.1, -0.05) is 6.08 Å². The zero-order valence-electron chi connectivity index (χ0n) is 9.19. The topological polar surface area (TPSA) is 66.4 Å². The first-order valence-electron chi connectivity index (χ1n) is 5.85. The quantitative estimate of drug-likeness (QED) is 0.667. The van der Waals surface area contributed by atoms with E-state index in [1.165, 1.54) is 12.8 Å². The first kappa shape index (κ1) is 11.2. The van der Waals surface area contributed by atoms with Gasteiger partial charge in [0.15, 0.2) is 0 Å². The summed E-state index contributed by atoms with van der Waals surface area (Å²) in [7, 11) is 0. The van der Waals surface area contributed by atoms with Gasteiger partial charge in [0, 0.05) is 6.04 Å². The Balaban J connectivity index is 1.79. The Morgan fingerprint density at radius 2 is 2.00 bits per heavy atom. The molecule has 1 atom stereocenters. The number of carbonyl (C=O) groups excluding carboxylic acids is 1. The van der Waals surface area contributed by atoms with E-state index in [2.05, 4.69) is 5.32 Å². The average Bonchev–Trinajstić information content (AvgIpc) is 3.05. The zero-order chi connectivity index (χ0) is 11.5. The number of amides is 1. The largest absolute Gasteiger partial charge is 0.481 e. The molecule has 0 aromatic carbocycles. The minimum absolute atomic E-state index is 0.0354. The minimum atomic E-state index is -0.844. The van der Waals surface area contributed by atoms with Crippen molar-refractivity contribution in [1.82, 2.24) is 5.32 Å². The highest BCUT2D eigenvalue weighted by Crippen LogP contribution is 2.34. The van der Waals surface area contributed by atoms with Crippen LogP contribution in [0.1, 0.15) is 32.1 Å². The van der Waals surface area contributed by atoms with Gasteiger partial charge in [0.05, 0.1) is 6.42 Å². The van der Waals surface area contributed by atoms with E-state index in [4.69, 9.17) is 5.11 Å². The number of allylic oxidation sites excluding steroid dienone is 1. The van der Waals surface area contributed by atoms with Gasteiger partial charge < -0.3 is 10.4 Å². The highest BCUT2D eigenvalue weighted by Gasteiger charge is 2.33. The molecule has 1 amide bonds. The zero-order valence-corrected chi connectivity index (χ0v) is 9.19. The van der Waals surface area contributed by atoms with Gasteiger partial charge in [-0.25, -0.2) is 0 Å². The molecule has 1 unspecified atom stereocenters. The second kappa shape index (κ2) is 4.68. The van der Waals surface area contributed by atoms with Crippen LogP contribution >= 0.6 is 0 Å². The van der Waals surface area contributed by atoms with Gasteiger partial charge in [-0.2, -0.15) is 0 Å². The SMILES string of the molecule is O=C(O)CC(NC(=O)/C=C/C1CC1)C1CC1. The maximum Gasteiger partial charge on any atom is 0.305 e. The van der Waals surface area contributed by atoms with Crippen LogP contribution in [0.5, 0.6) is 0 Å². The lowest BCUT2D eigenvalue weighted by Gasteiger charge is -2.14. The molecule has 16 heavy (non-hydrogen) atoms. The van der Waals surface area contributed by atoms with E-state index < -0.39 is 5.97 Å². The summed E-state index contributed by atoms with van der Waals surface area (Å²) < 4.78 is 0. The summed E-state index contributed by atoms with van der Waals surface area (Å²) in [6.45, 7) is 0. The maximum atomic E-state index is 11.5. The Kier molecular flexibility index (Phi) is 3.27. The van der Waals surface area contributed by atoms with Gasteiger partial charge >= 0.3 is 5.97 Å². The van der Waals surface area contributed by atoms with Crippen LogP contribution in [0.15, 0.2) is 12.2 Å². The van der Waals surface area contributed by atoms with Crippen LogP contribution < -0.4 is 5.32 Å². The van der Waals surface area contributed by atoms with E-state index >= 15 is 0 Å². The van der Waals surface area contributed by atoms with Crippen LogP contribution in [0.25, 0.3) is 0 Å². The Morgan fingerprint density at radius 1 is 1.31 bits per heavy atom. The lowest BCUT2D eigenvalue weighted by atomic mass is 10.1. The molecule has 0 aromatic rings. The molecular formula is C12H17NO3. The molecule has 0 spiro atoms. The Labute approximate surface area is 94.7 Å². The average molecular weight is 223 g/mol. The van der Waals surface area contributed by atoms with Gasteiger partial charge in [0.1, 0.15) is 0 Å². The van der Waals surface area contributed by atoms with Crippen molar-refractivity contribution in [1.29, 1.82) is 0 Å². The highest BCUT2D eigenvalue weighted by atomic mass is 16.4. The van der Waals surface area contributed by atoms with Crippen molar-refractivity contribution in [3.63, 3.8) is 0 Å². The van der Waals surface area contributed by atoms with Gasteiger partial charge in [0.2, 0.25) is 5.91 Å². The molecule has 0 radical (unpaired) electrons. The molecule has 2 fully saturated rings. The molecule has 0 bridgehead atoms. The summed E-state index contributed by atoms with van der Waals surface area (Å²) in [4.78, 5) is 22.1. The third-order valence-electron chi connectivity index (χ3n) is 3.06. The van der Waals surface area contributed by atoms with E-state index in [-0.39, 0.29) is 18.4 Å². The van der Waals surface area contributed by atoms with E-state index in [0.717, 1.165) is 12.8 Å². The van der Waals surface area contributed by atoms with Crippen LogP contribution in [0.3, 0.4) is 0 Å². The molecule has 0 saturated heterocycles. The highest BCUT2D eigenvalue weighted by molar-refractivity contribution is 5.88. The number of hydrogen-bond donors (Lipinski definition) is 2. The van der Waals surface area contributed by atoms with E-state index in [1.807, 2.05) is 6.08 Å². The Bertz CT molecular complexity index is 316. The van der Waals surface area contributed by atoms with Crippen molar-refractivity contribution in [2.45, 2.75) is 38.1 Å². The maximum absolute atomic E-state index is 11.5. The molecule has 2 N–H and O–H groups in total. The molecule has 2 rings (SSSR count). The van der Waals surface area contributed by atoms with Crippen LogP contribution in [-0.2, 0) is 9.59 Å². The lowest BCUT2D eigenvalue weighted by molar-refractivity contribution is -0.137. The molecule has 88 valence electrons. The lowest BCUT2D eigenvalue weighted by Crippen LogP contribution is -2.37. The van der Waals surface area contributed by atoms with Crippen molar-refractivity contribution < 1.29 is 14.7 Å². The van der Waals surface area contributed by atoms with Gasteiger partial charge in [-0.15, -0.1) is 0 Å². The summed E-state index contributed by atoms with van der Waals surface area (Å²) in [5, 5.41) is 11.5. The normalized spacial score (nSPS) is 22.0. The Morgan fingerprint density at radius 3 is 2.50 bits per heavy atom. The molecule has 0 aromatic heterocycles. The predicted molar refractivity (Wildman–Crippen MR) is 58.8 cm³/mol. The molecule has 2 aliphatic rings. The summed E-state index contributed by atoms with van der Waals surface area (Å²) >= 11 is 0. The summed E-state index contributed by atoms with van der Waals surface area (Å²) in [5.74, 6) is -0.0487. The number of carboxylic acids is 1. The smallest absolute Gasteiger partial charge is 0.305 e. The van der Waals surface area contributed by atoms with Crippen LogP contribution in [0.4, 0.5) is 0 Å². The number of hydrogen-bond acceptors (Lipinski definition) is 2. The van der Waals surface area contributed by atoms with Crippen molar-refractivity contribution in [2.75, 3.05) is 0 Å². The molecule has 4 nitrogen and oxygen atoms in total. The molecule has 0 heterocycles. The van der Waals surface area contributed by atoms with Crippen molar-refractivity contribution in [3.8, 4) is 0 Å². The number of aliphatic carboxylic acids is 1. The minimum Gasteiger partial charge on any atom is -0.481 e. The first-order valence-corrected chi connectivity index (χ1v) is 5.85. The predicted octanol–water partition coefficient (Wildman–Crippen LogP) is 1.32. The van der Waals surface area contributed by atoms with E-state index in [1.54, 1.807) is 6.08 Å². The number of carbonyl (C=O) groups is 2. The van der Waals surface area contributed by atoms with E-state index in [0.29, 0.717) is 11.8 Å². The number of carboxylic acid groups (broad SMARTS) is 1. The summed E-state index contributed by atoms with van der Waals surface area (Å²) in [6, 6.07) is -0.186. The third kappa shape index (κ3) is 3.68. The summed E-state index contributed by atoms with van der Waals surface area (Å²) in [5.41, 5.74) is 0. The molecular weight excluding hydrogens is 206 g/mol. The fourth-order valence-electron chi connectivity index (χ4n) is 1.77. The van der Waals surface area contributed by atoms with Crippen LogP contribution in [0.2, 0.25) is 0 Å². The second-order valence-corrected chi connectivity index (χ2v) is 4.75. The Hall–Kier alpha value is -1.32. The standard InChI is InChI=1S/C12H17NO3/c14-11(6-3-8-1-2-8)13-10(7-12(15)16)9-4-5-9/h3,6,8-10H,1-2,4-5,7H2,(H,13,14)(H,15,16)/b6-3+. The molecule has 2 aliphatic carbocycles. The molecule has 4 heteroatoms. The van der Waals surface area contributed by atoms with Crippen molar-refractivity contribution in [3.05, 3.63) is 12.2 Å². The van der Waals surface area contributed by atoms with Crippen molar-refractivity contribution in [2.24, 2.45) is 11.8 Å². The van der Waals surface area contributed by atoms with Gasteiger partial charge in [0.25, 0.3) is 0 Å². The second-order valence-electron chi connectivity index (χ2n) is 4.75. The fourth-order valence-corrected chi connectivity index (χ4v) is 1.77. The van der Waals surface area contributed by atoms with Gasteiger partial charge in [-0.05, 0) is 43.6 Å². The molecule has 2 saturated carbocycles. The monoisotopic (exact) mass is 223 g/mol.